The fourth-order valence-corrected chi connectivity index (χ4v) is 1.56. The smallest absolute Gasteiger partial charge is 0.246 e. The van der Waals surface area contributed by atoms with Gasteiger partial charge in [0.25, 0.3) is 0 Å². The van der Waals surface area contributed by atoms with E-state index < -0.39 is 0 Å². The highest BCUT2D eigenvalue weighted by molar-refractivity contribution is 6.33. The highest BCUT2D eigenvalue weighted by Gasteiger charge is 1.99. The molecule has 2 aromatic rings. The van der Waals surface area contributed by atoms with Gasteiger partial charge in [0, 0.05) is 17.2 Å². The van der Waals surface area contributed by atoms with E-state index in [-0.39, 0.29) is 0 Å². The predicted molar refractivity (Wildman–Crippen MR) is 74.3 cm³/mol. The first kappa shape index (κ1) is 14.0. The van der Waals surface area contributed by atoms with Crippen molar-refractivity contribution in [2.75, 3.05) is 6.61 Å². The molecule has 0 N–H and O–H groups in total. The minimum Gasteiger partial charge on any atom is -0.419 e. The van der Waals surface area contributed by atoms with Gasteiger partial charge in [0.2, 0.25) is 10.5 Å². The average molecular weight is 262 g/mol. The molecule has 0 aromatic heterocycles. The lowest BCUT2D eigenvalue weighted by molar-refractivity contribution is 0.375. The third-order valence-electron chi connectivity index (χ3n) is 2.10. The van der Waals surface area contributed by atoms with Crippen molar-refractivity contribution < 1.29 is 4.43 Å². The van der Waals surface area contributed by atoms with E-state index in [2.05, 4.69) is 27.0 Å². The zero-order valence-electron chi connectivity index (χ0n) is 9.69. The van der Waals surface area contributed by atoms with Gasteiger partial charge in [0.1, 0.15) is 0 Å². The van der Waals surface area contributed by atoms with Gasteiger partial charge in [0.15, 0.2) is 0 Å². The topological polar surface area (TPSA) is 9.23 Å². The summed E-state index contributed by atoms with van der Waals surface area (Å²) in [6.45, 7) is 2.64. The van der Waals surface area contributed by atoms with Crippen LogP contribution in [0, 0.1) is 0 Å². The summed E-state index contributed by atoms with van der Waals surface area (Å²) in [5.41, 5.74) is 2.25. The molecule has 2 rings (SSSR count). The lowest BCUT2D eigenvalue weighted by atomic mass is 10.1. The molecule has 0 atom stereocenters. The van der Waals surface area contributed by atoms with Crippen LogP contribution in [0.5, 0.6) is 0 Å². The maximum absolute atomic E-state index is 6.06. The van der Waals surface area contributed by atoms with Gasteiger partial charge < -0.3 is 4.43 Å². The van der Waals surface area contributed by atoms with E-state index in [1.165, 1.54) is 0 Å². The molecule has 0 aliphatic heterocycles. The Morgan fingerprint density at radius 1 is 1.00 bits per heavy atom. The minimum absolute atomic E-state index is 0.733. The molecule has 0 aliphatic carbocycles. The molecule has 0 saturated carbocycles. The predicted octanol–water partition coefficient (Wildman–Crippen LogP) is 4.11. The zero-order valence-corrected chi connectivity index (χ0v) is 11.4. The maximum Gasteiger partial charge on any atom is 0.246 e. The van der Waals surface area contributed by atoms with Crippen LogP contribution in [0.2, 0.25) is 5.02 Å². The summed E-state index contributed by atoms with van der Waals surface area (Å²) in [5.74, 6) is 0. The van der Waals surface area contributed by atoms with Crippen molar-refractivity contribution in [2.24, 2.45) is 0 Å². The largest absolute Gasteiger partial charge is 0.419 e. The molecular formula is C14H14ClOSi. The van der Waals surface area contributed by atoms with E-state index in [4.69, 9.17) is 11.6 Å². The Labute approximate surface area is 111 Å². The van der Waals surface area contributed by atoms with E-state index in [0.29, 0.717) is 0 Å². The van der Waals surface area contributed by atoms with Gasteiger partial charge in [-0.05, 0) is 18.6 Å². The second-order valence-electron chi connectivity index (χ2n) is 3.28. The van der Waals surface area contributed by atoms with Crippen molar-refractivity contribution in [2.45, 2.75) is 6.92 Å². The summed E-state index contributed by atoms with van der Waals surface area (Å²) in [4.78, 5) is 0. The SMILES string of the molecule is CCO[Si].Clc1ccccc1-c1ccccc1. The molecule has 1 nitrogen and oxygen atoms in total. The van der Waals surface area contributed by atoms with E-state index in [0.717, 1.165) is 22.8 Å². The summed E-state index contributed by atoms with van der Waals surface area (Å²) in [6, 6.07) is 18.0. The van der Waals surface area contributed by atoms with Crippen LogP contribution in [0.3, 0.4) is 0 Å². The highest BCUT2D eigenvalue weighted by Crippen LogP contribution is 2.26. The highest BCUT2D eigenvalue weighted by atomic mass is 35.5. The first-order valence-corrected chi connectivity index (χ1v) is 6.16. The van der Waals surface area contributed by atoms with Gasteiger partial charge in [-0.2, -0.15) is 0 Å². The summed E-state index contributed by atoms with van der Waals surface area (Å²) >= 11 is 6.06. The number of hydrogen-bond acceptors (Lipinski definition) is 1. The van der Waals surface area contributed by atoms with E-state index in [1.807, 2.05) is 49.4 Å². The van der Waals surface area contributed by atoms with Crippen molar-refractivity contribution in [1.82, 2.24) is 0 Å². The van der Waals surface area contributed by atoms with E-state index >= 15 is 0 Å². The Balaban J connectivity index is 0.000000317. The maximum atomic E-state index is 6.06. The molecule has 0 unspecified atom stereocenters. The molecular weight excluding hydrogens is 248 g/mol. The number of halogens is 1. The molecule has 0 heterocycles. The molecule has 3 radical (unpaired) electrons. The standard InChI is InChI=1S/C12H9Cl.C2H5OSi/c13-12-9-5-4-8-11(12)10-6-2-1-3-7-10;1-2-3-4/h1-9H;2H2,1H3. The van der Waals surface area contributed by atoms with Crippen molar-refractivity contribution in [3.8, 4) is 11.1 Å². The van der Waals surface area contributed by atoms with Crippen LogP contribution in [0.25, 0.3) is 11.1 Å². The Morgan fingerprint density at radius 2 is 1.53 bits per heavy atom. The lowest BCUT2D eigenvalue weighted by Gasteiger charge is -2.02. The van der Waals surface area contributed by atoms with Gasteiger partial charge in [-0.3, -0.25) is 0 Å². The van der Waals surface area contributed by atoms with Crippen molar-refractivity contribution in [3.63, 3.8) is 0 Å². The van der Waals surface area contributed by atoms with E-state index in [9.17, 15) is 0 Å². The third kappa shape index (κ3) is 4.73. The van der Waals surface area contributed by atoms with Crippen LogP contribution in [0.4, 0.5) is 0 Å². The van der Waals surface area contributed by atoms with Crippen molar-refractivity contribution in [3.05, 3.63) is 59.6 Å². The fraction of sp³-hybridized carbons (Fsp3) is 0.143. The first-order chi connectivity index (χ1) is 8.29. The fourth-order valence-electron chi connectivity index (χ4n) is 1.31. The average Bonchev–Trinajstić information content (AvgIpc) is 2.41. The monoisotopic (exact) mass is 261 g/mol. The zero-order chi connectivity index (χ0) is 12.5. The molecule has 0 fully saturated rings. The van der Waals surface area contributed by atoms with Crippen LogP contribution in [0.1, 0.15) is 6.92 Å². The Kier molecular flexibility index (Phi) is 6.63. The molecule has 0 bridgehead atoms. The third-order valence-corrected chi connectivity index (χ3v) is 2.72. The summed E-state index contributed by atoms with van der Waals surface area (Å²) in [7, 11) is 2.79. The molecule has 87 valence electrons. The van der Waals surface area contributed by atoms with Crippen molar-refractivity contribution >= 4 is 22.1 Å². The lowest BCUT2D eigenvalue weighted by Crippen LogP contribution is -1.77. The minimum atomic E-state index is 0.733. The summed E-state index contributed by atoms with van der Waals surface area (Å²) < 4.78 is 4.35. The molecule has 0 amide bonds. The molecule has 0 saturated heterocycles. The van der Waals surface area contributed by atoms with Crippen LogP contribution >= 0.6 is 11.6 Å². The molecule has 2 aromatic carbocycles. The van der Waals surface area contributed by atoms with Gasteiger partial charge in [-0.15, -0.1) is 0 Å². The quantitative estimate of drug-likeness (QED) is 0.739. The molecule has 0 aliphatic rings. The normalized spacial score (nSPS) is 9.35. The molecule has 3 heteroatoms. The Morgan fingerprint density at radius 3 is 2.06 bits per heavy atom. The Hall–Kier alpha value is -1.09. The van der Waals surface area contributed by atoms with Gasteiger partial charge in [-0.25, -0.2) is 0 Å². The van der Waals surface area contributed by atoms with E-state index in [1.54, 1.807) is 0 Å². The Bertz CT molecular complexity index is 429. The van der Waals surface area contributed by atoms with Crippen LogP contribution in [0.15, 0.2) is 54.6 Å². The number of hydrogen-bond donors (Lipinski definition) is 0. The van der Waals surface area contributed by atoms with Crippen molar-refractivity contribution in [1.29, 1.82) is 0 Å². The summed E-state index contributed by atoms with van der Waals surface area (Å²) in [5, 5.41) is 0.800. The molecule has 0 spiro atoms. The molecule has 17 heavy (non-hydrogen) atoms. The second kappa shape index (κ2) is 8.07. The first-order valence-electron chi connectivity index (χ1n) is 5.38. The van der Waals surface area contributed by atoms with Gasteiger partial charge in [0.05, 0.1) is 0 Å². The summed E-state index contributed by atoms with van der Waals surface area (Å²) in [6.07, 6.45) is 0. The van der Waals surface area contributed by atoms with Crippen LogP contribution < -0.4 is 0 Å². The van der Waals surface area contributed by atoms with Gasteiger partial charge >= 0.3 is 0 Å². The number of rotatable bonds is 2. The van der Waals surface area contributed by atoms with Gasteiger partial charge in [-0.1, -0.05) is 60.1 Å². The number of benzene rings is 2. The van der Waals surface area contributed by atoms with Crippen LogP contribution in [-0.2, 0) is 4.43 Å². The second-order valence-corrected chi connectivity index (χ2v) is 3.97. The van der Waals surface area contributed by atoms with Crippen LogP contribution in [-0.4, -0.2) is 17.1 Å².